The van der Waals surface area contributed by atoms with E-state index in [1.165, 1.54) is 0 Å². The van der Waals surface area contributed by atoms with Crippen LogP contribution in [-0.2, 0) is 12.1 Å². The van der Waals surface area contributed by atoms with Gasteiger partial charge in [0.15, 0.2) is 0 Å². The number of aromatic nitrogens is 3. The molecule has 0 aliphatic rings. The van der Waals surface area contributed by atoms with Crippen LogP contribution in [0, 0.1) is 10.1 Å². The summed E-state index contributed by atoms with van der Waals surface area (Å²) < 4.78 is 101. The number of nitro benzene ring substituents is 1. The van der Waals surface area contributed by atoms with Gasteiger partial charge in [-0.05, 0) is 12.1 Å². The van der Waals surface area contributed by atoms with Gasteiger partial charge in [-0.2, -0.15) is 35.1 Å². The molecule has 0 N–H and O–H groups in total. The van der Waals surface area contributed by atoms with E-state index in [4.69, 9.17) is 0 Å². The molecule has 14 heteroatoms. The molecule has 0 bridgehead atoms. The molecule has 136 valence electrons. The van der Waals surface area contributed by atoms with Crippen molar-refractivity contribution < 1.29 is 40.0 Å². The summed E-state index contributed by atoms with van der Waals surface area (Å²) in [5.74, 6) is -7.45. The molecular formula is C11H4F8N4O2. The molecule has 0 spiro atoms. The minimum Gasteiger partial charge on any atom is -0.258 e. The molecule has 0 aliphatic heterocycles. The van der Waals surface area contributed by atoms with Crippen molar-refractivity contribution in [3.05, 3.63) is 46.0 Å². The van der Waals surface area contributed by atoms with Crippen molar-refractivity contribution in [1.29, 1.82) is 0 Å². The number of nitrogens with zero attached hydrogens (tertiary/aromatic N) is 4. The number of halogens is 8. The molecule has 0 radical (unpaired) electrons. The van der Waals surface area contributed by atoms with Crippen LogP contribution in [0.15, 0.2) is 24.5 Å². The van der Waals surface area contributed by atoms with Gasteiger partial charge in [0.1, 0.15) is 12.0 Å². The summed E-state index contributed by atoms with van der Waals surface area (Å²) in [4.78, 5) is 12.4. The first-order valence-electron chi connectivity index (χ1n) is 5.98. The Balaban J connectivity index is 2.55. The highest BCUT2D eigenvalue weighted by Gasteiger charge is 2.61. The average Bonchev–Trinajstić information content (AvgIpc) is 2.94. The van der Waals surface area contributed by atoms with Crippen LogP contribution in [0.2, 0.25) is 0 Å². The van der Waals surface area contributed by atoms with Gasteiger partial charge in [0, 0.05) is 6.07 Å². The fourth-order valence-corrected chi connectivity index (χ4v) is 1.69. The lowest BCUT2D eigenvalue weighted by Gasteiger charge is -2.15. The molecule has 0 fully saturated rings. The van der Waals surface area contributed by atoms with Crippen molar-refractivity contribution in [2.75, 3.05) is 0 Å². The third-order valence-corrected chi connectivity index (χ3v) is 2.87. The first-order chi connectivity index (χ1) is 11.2. The lowest BCUT2D eigenvalue weighted by Crippen LogP contribution is -2.34. The smallest absolute Gasteiger partial charge is 0.258 e. The van der Waals surface area contributed by atoms with Crippen molar-refractivity contribution >= 4 is 5.69 Å². The van der Waals surface area contributed by atoms with Crippen molar-refractivity contribution in [1.82, 2.24) is 14.8 Å². The summed E-state index contributed by atoms with van der Waals surface area (Å²) >= 11 is 0. The maximum absolute atomic E-state index is 13.1. The van der Waals surface area contributed by atoms with Gasteiger partial charge in [-0.25, -0.2) is 9.67 Å². The summed E-state index contributed by atoms with van der Waals surface area (Å²) in [5.41, 5.74) is -3.39. The van der Waals surface area contributed by atoms with Gasteiger partial charge in [-0.3, -0.25) is 10.1 Å². The van der Waals surface area contributed by atoms with Gasteiger partial charge in [0.05, 0.1) is 10.5 Å². The highest BCUT2D eigenvalue weighted by atomic mass is 19.4. The third-order valence-electron chi connectivity index (χ3n) is 2.87. The van der Waals surface area contributed by atoms with E-state index in [2.05, 4.69) is 10.1 Å². The second-order valence-corrected chi connectivity index (χ2v) is 4.54. The molecule has 0 unspecified atom stereocenters. The number of hydrogen-bond donors (Lipinski definition) is 0. The predicted octanol–water partition coefficient (Wildman–Crippen LogP) is 3.85. The van der Waals surface area contributed by atoms with Crippen LogP contribution in [0.4, 0.5) is 40.8 Å². The Morgan fingerprint density at radius 2 is 1.64 bits per heavy atom. The topological polar surface area (TPSA) is 73.8 Å². The average molecular weight is 376 g/mol. The SMILES string of the molecule is O=[N+]([O-])c1cc(C(F)(F)F)ccc1-n1cnc(C(F)(F)C(F)(F)F)n1. The Morgan fingerprint density at radius 3 is 2.12 bits per heavy atom. The van der Waals surface area contributed by atoms with Gasteiger partial charge in [-0.15, -0.1) is 5.10 Å². The van der Waals surface area contributed by atoms with Crippen LogP contribution in [-0.4, -0.2) is 25.9 Å². The minimum atomic E-state index is -6.02. The standard InChI is InChI=1S/C11H4F8N4O2/c12-9(13,11(17,18)19)8-20-4-22(21-8)6-2-1-5(10(14,15)16)3-7(6)23(24)25/h1-4H. The van der Waals surface area contributed by atoms with E-state index in [0.29, 0.717) is 18.5 Å². The number of benzene rings is 1. The van der Waals surface area contributed by atoms with E-state index >= 15 is 0 Å². The molecule has 0 saturated heterocycles. The highest BCUT2D eigenvalue weighted by molar-refractivity contribution is 5.54. The van der Waals surface area contributed by atoms with Crippen LogP contribution in [0.5, 0.6) is 0 Å². The lowest BCUT2D eigenvalue weighted by atomic mass is 10.1. The zero-order valence-electron chi connectivity index (χ0n) is 11.4. The molecule has 1 aromatic carbocycles. The molecule has 0 amide bonds. The Morgan fingerprint density at radius 1 is 1.04 bits per heavy atom. The Hall–Kier alpha value is -2.80. The summed E-state index contributed by atoms with van der Waals surface area (Å²) in [6.07, 6.45) is -10.7. The summed E-state index contributed by atoms with van der Waals surface area (Å²) in [6, 6.07) is 0.981. The summed E-state index contributed by atoms with van der Waals surface area (Å²) in [7, 11) is 0. The van der Waals surface area contributed by atoms with Crippen molar-refractivity contribution in [2.24, 2.45) is 0 Å². The molecule has 2 rings (SSSR count). The minimum absolute atomic E-state index is 0.0958. The van der Waals surface area contributed by atoms with Crippen molar-refractivity contribution in [2.45, 2.75) is 18.3 Å². The lowest BCUT2D eigenvalue weighted by molar-refractivity contribution is -0.384. The number of hydrogen-bond acceptors (Lipinski definition) is 4. The van der Waals surface area contributed by atoms with E-state index in [-0.39, 0.29) is 10.7 Å². The Kier molecular flexibility index (Phi) is 4.17. The van der Waals surface area contributed by atoms with E-state index < -0.39 is 46.0 Å². The predicted molar refractivity (Wildman–Crippen MR) is 63.0 cm³/mol. The van der Waals surface area contributed by atoms with Crippen LogP contribution < -0.4 is 0 Å². The van der Waals surface area contributed by atoms with Gasteiger partial charge in [0.2, 0.25) is 5.82 Å². The second kappa shape index (κ2) is 5.63. The van der Waals surface area contributed by atoms with Crippen LogP contribution in [0.1, 0.15) is 11.4 Å². The van der Waals surface area contributed by atoms with E-state index in [9.17, 15) is 45.2 Å². The zero-order chi connectivity index (χ0) is 19.2. The van der Waals surface area contributed by atoms with Crippen molar-refractivity contribution in [3.8, 4) is 5.69 Å². The van der Waals surface area contributed by atoms with Crippen molar-refractivity contribution in [3.63, 3.8) is 0 Å². The molecule has 0 atom stereocenters. The fourth-order valence-electron chi connectivity index (χ4n) is 1.69. The van der Waals surface area contributed by atoms with E-state index in [0.717, 1.165) is 0 Å². The molecule has 1 heterocycles. The molecule has 0 saturated carbocycles. The number of nitro groups is 1. The third kappa shape index (κ3) is 3.36. The second-order valence-electron chi connectivity index (χ2n) is 4.54. The number of alkyl halides is 8. The van der Waals surface area contributed by atoms with Gasteiger partial charge >= 0.3 is 18.3 Å². The summed E-state index contributed by atoms with van der Waals surface area (Å²) in [5, 5.41) is 13.7. The van der Waals surface area contributed by atoms with Gasteiger partial charge in [-0.1, -0.05) is 0 Å². The monoisotopic (exact) mass is 376 g/mol. The fraction of sp³-hybridized carbons (Fsp3) is 0.273. The number of rotatable bonds is 3. The van der Waals surface area contributed by atoms with E-state index in [1.54, 1.807) is 0 Å². The maximum atomic E-state index is 13.1. The molecule has 0 aliphatic carbocycles. The zero-order valence-corrected chi connectivity index (χ0v) is 11.4. The Labute approximate surface area is 131 Å². The molecule has 25 heavy (non-hydrogen) atoms. The molecule has 2 aromatic rings. The van der Waals surface area contributed by atoms with Crippen LogP contribution >= 0.6 is 0 Å². The van der Waals surface area contributed by atoms with Crippen LogP contribution in [0.25, 0.3) is 5.69 Å². The van der Waals surface area contributed by atoms with Gasteiger partial charge in [0.25, 0.3) is 5.69 Å². The van der Waals surface area contributed by atoms with Gasteiger partial charge < -0.3 is 0 Å². The van der Waals surface area contributed by atoms with E-state index in [1.807, 2.05) is 0 Å². The molecule has 6 nitrogen and oxygen atoms in total. The Bertz CT molecular complexity index is 811. The first-order valence-corrected chi connectivity index (χ1v) is 5.98. The maximum Gasteiger partial charge on any atom is 0.461 e. The largest absolute Gasteiger partial charge is 0.461 e. The highest BCUT2D eigenvalue weighted by Crippen LogP contribution is 2.42. The van der Waals surface area contributed by atoms with Crippen LogP contribution in [0.3, 0.4) is 0 Å². The first kappa shape index (κ1) is 18.5. The normalized spacial score (nSPS) is 13.1. The molecular weight excluding hydrogens is 372 g/mol. The quantitative estimate of drug-likeness (QED) is 0.463. The summed E-state index contributed by atoms with van der Waals surface area (Å²) in [6.45, 7) is 0. The molecule has 1 aromatic heterocycles.